The van der Waals surface area contributed by atoms with Gasteiger partial charge in [0.2, 0.25) is 0 Å². The summed E-state index contributed by atoms with van der Waals surface area (Å²) in [5, 5.41) is 10.4. The largest absolute Gasteiger partial charge is 0.481 e. The molecule has 1 rings (SSSR count). The number of aromatic carboxylic acids is 1. The second-order valence-electron chi connectivity index (χ2n) is 3.56. The Balaban J connectivity index is 2.78. The van der Waals surface area contributed by atoms with Gasteiger partial charge in [-0.15, -0.1) is 0 Å². The Hall–Kier alpha value is -2.64. The Labute approximate surface area is 107 Å². The minimum atomic E-state index is -1.41. The Morgan fingerprint density at radius 3 is 2.53 bits per heavy atom. The van der Waals surface area contributed by atoms with Crippen molar-refractivity contribution in [3.05, 3.63) is 29.6 Å². The second kappa shape index (κ2) is 5.80. The molecule has 1 aromatic rings. The molecule has 4 N–H and O–H groups in total. The summed E-state index contributed by atoms with van der Waals surface area (Å²) in [4.78, 5) is 32.3. The molecule has 0 spiro atoms. The molecule has 102 valence electrons. The maximum absolute atomic E-state index is 13.3. The fourth-order valence-corrected chi connectivity index (χ4v) is 1.22. The average molecular weight is 270 g/mol. The molecule has 0 bridgehead atoms. The molecule has 1 aromatic carbocycles. The van der Waals surface area contributed by atoms with Crippen molar-refractivity contribution in [2.24, 2.45) is 5.73 Å². The van der Waals surface area contributed by atoms with Crippen LogP contribution in [0, 0.1) is 5.82 Å². The van der Waals surface area contributed by atoms with E-state index in [1.165, 1.54) is 13.0 Å². The summed E-state index contributed by atoms with van der Waals surface area (Å²) in [7, 11) is 0. The summed E-state index contributed by atoms with van der Waals surface area (Å²) in [5.41, 5.74) is 4.24. The van der Waals surface area contributed by atoms with Gasteiger partial charge >= 0.3 is 12.0 Å². The van der Waals surface area contributed by atoms with Crippen LogP contribution in [0.15, 0.2) is 18.2 Å². The van der Waals surface area contributed by atoms with E-state index >= 15 is 0 Å². The predicted molar refractivity (Wildman–Crippen MR) is 61.2 cm³/mol. The van der Waals surface area contributed by atoms with Gasteiger partial charge in [-0.25, -0.2) is 14.0 Å². The summed E-state index contributed by atoms with van der Waals surface area (Å²) >= 11 is 0. The summed E-state index contributed by atoms with van der Waals surface area (Å²) in [6.45, 7) is 1.32. The van der Waals surface area contributed by atoms with E-state index in [9.17, 15) is 18.8 Å². The number of urea groups is 1. The summed E-state index contributed by atoms with van der Waals surface area (Å²) in [6.07, 6.45) is -1.09. The lowest BCUT2D eigenvalue weighted by molar-refractivity contribution is -0.126. The van der Waals surface area contributed by atoms with E-state index in [2.05, 4.69) is 0 Å². The van der Waals surface area contributed by atoms with Crippen LogP contribution in [-0.4, -0.2) is 29.1 Å². The van der Waals surface area contributed by atoms with Crippen molar-refractivity contribution in [1.82, 2.24) is 5.32 Å². The van der Waals surface area contributed by atoms with Gasteiger partial charge in [0.05, 0.1) is 5.56 Å². The molecule has 0 aliphatic heterocycles. The van der Waals surface area contributed by atoms with Crippen molar-refractivity contribution in [2.45, 2.75) is 13.0 Å². The summed E-state index contributed by atoms with van der Waals surface area (Å²) in [6, 6.07) is 2.00. The van der Waals surface area contributed by atoms with Crippen molar-refractivity contribution in [3.8, 4) is 5.75 Å². The third-order valence-electron chi connectivity index (χ3n) is 2.10. The number of hydrogen-bond donors (Lipinski definition) is 3. The van der Waals surface area contributed by atoms with Crippen LogP contribution in [0.5, 0.6) is 5.75 Å². The molecule has 0 heterocycles. The van der Waals surface area contributed by atoms with Crippen LogP contribution < -0.4 is 15.8 Å². The van der Waals surface area contributed by atoms with Gasteiger partial charge in [0.15, 0.2) is 6.10 Å². The van der Waals surface area contributed by atoms with Gasteiger partial charge in [-0.1, -0.05) is 0 Å². The van der Waals surface area contributed by atoms with Gasteiger partial charge in [0.25, 0.3) is 5.91 Å². The lowest BCUT2D eigenvalue weighted by atomic mass is 10.2. The molecule has 0 radical (unpaired) electrons. The molecule has 3 amide bonds. The van der Waals surface area contributed by atoms with Crippen molar-refractivity contribution in [3.63, 3.8) is 0 Å². The lowest BCUT2D eigenvalue weighted by Gasteiger charge is -2.13. The number of primary amides is 1. The first kappa shape index (κ1) is 14.4. The maximum Gasteiger partial charge on any atom is 0.338 e. The number of carbonyl (C=O) groups is 3. The van der Waals surface area contributed by atoms with Crippen LogP contribution >= 0.6 is 0 Å². The third kappa shape index (κ3) is 3.95. The average Bonchev–Trinajstić information content (AvgIpc) is 2.27. The lowest BCUT2D eigenvalue weighted by Crippen LogP contribution is -2.42. The number of imide groups is 1. The Morgan fingerprint density at radius 2 is 2.05 bits per heavy atom. The fraction of sp³-hybridized carbons (Fsp3) is 0.182. The van der Waals surface area contributed by atoms with Crippen molar-refractivity contribution >= 4 is 17.9 Å². The number of carboxylic acids is 1. The molecule has 0 aromatic heterocycles. The number of nitrogens with one attached hydrogen (secondary N) is 1. The van der Waals surface area contributed by atoms with E-state index < -0.39 is 35.4 Å². The van der Waals surface area contributed by atoms with E-state index in [1.54, 1.807) is 5.32 Å². The SMILES string of the molecule is CC(Oc1ccc(C(=O)O)c(F)c1)C(=O)NC(N)=O. The molecule has 7 nitrogen and oxygen atoms in total. The molecule has 19 heavy (non-hydrogen) atoms. The van der Waals surface area contributed by atoms with E-state index in [1.807, 2.05) is 0 Å². The molecular formula is C11H11FN2O5. The van der Waals surface area contributed by atoms with Crippen molar-refractivity contribution in [2.75, 3.05) is 0 Å². The number of carboxylic acid groups (broad SMARTS) is 1. The summed E-state index contributed by atoms with van der Waals surface area (Å²) < 4.78 is 18.4. The van der Waals surface area contributed by atoms with Crippen LogP contribution in [0.3, 0.4) is 0 Å². The Bertz CT molecular complexity index is 532. The van der Waals surface area contributed by atoms with Crippen molar-refractivity contribution < 1.29 is 28.6 Å². The van der Waals surface area contributed by atoms with Crippen LogP contribution in [0.4, 0.5) is 9.18 Å². The van der Waals surface area contributed by atoms with E-state index in [4.69, 9.17) is 15.6 Å². The number of amides is 3. The Kier molecular flexibility index (Phi) is 4.41. The highest BCUT2D eigenvalue weighted by Gasteiger charge is 2.17. The van der Waals surface area contributed by atoms with Gasteiger partial charge in [-0.05, 0) is 19.1 Å². The highest BCUT2D eigenvalue weighted by atomic mass is 19.1. The first-order valence-electron chi connectivity index (χ1n) is 5.11. The number of benzene rings is 1. The minimum absolute atomic E-state index is 0.0466. The van der Waals surface area contributed by atoms with Gasteiger partial charge in [-0.2, -0.15) is 0 Å². The van der Waals surface area contributed by atoms with E-state index in [0.717, 1.165) is 12.1 Å². The molecule has 8 heteroatoms. The predicted octanol–water partition coefficient (Wildman–Crippen LogP) is 0.486. The van der Waals surface area contributed by atoms with Crippen LogP contribution in [0.2, 0.25) is 0 Å². The molecule has 0 saturated carbocycles. The number of halogens is 1. The second-order valence-corrected chi connectivity index (χ2v) is 3.56. The third-order valence-corrected chi connectivity index (χ3v) is 2.10. The molecule has 1 atom stereocenters. The molecular weight excluding hydrogens is 259 g/mol. The molecule has 0 saturated heterocycles. The molecule has 0 fully saturated rings. The first-order valence-corrected chi connectivity index (χ1v) is 5.11. The zero-order valence-electron chi connectivity index (χ0n) is 9.84. The van der Waals surface area contributed by atoms with Crippen molar-refractivity contribution in [1.29, 1.82) is 0 Å². The Morgan fingerprint density at radius 1 is 1.42 bits per heavy atom. The monoisotopic (exact) mass is 270 g/mol. The molecule has 0 aliphatic carbocycles. The first-order chi connectivity index (χ1) is 8.81. The van der Waals surface area contributed by atoms with Gasteiger partial charge in [-0.3, -0.25) is 10.1 Å². The van der Waals surface area contributed by atoms with Crippen LogP contribution in [-0.2, 0) is 4.79 Å². The minimum Gasteiger partial charge on any atom is -0.481 e. The maximum atomic E-state index is 13.3. The fourth-order valence-electron chi connectivity index (χ4n) is 1.22. The number of hydrogen-bond acceptors (Lipinski definition) is 4. The van der Waals surface area contributed by atoms with Crippen LogP contribution in [0.25, 0.3) is 0 Å². The highest BCUT2D eigenvalue weighted by Crippen LogP contribution is 2.18. The number of carbonyl (C=O) groups excluding carboxylic acids is 2. The van der Waals surface area contributed by atoms with Gasteiger partial charge < -0.3 is 15.6 Å². The number of nitrogens with two attached hydrogens (primary N) is 1. The van der Waals surface area contributed by atoms with Crippen LogP contribution in [0.1, 0.15) is 17.3 Å². The zero-order chi connectivity index (χ0) is 14.6. The van der Waals surface area contributed by atoms with E-state index in [0.29, 0.717) is 0 Å². The molecule has 1 unspecified atom stereocenters. The quantitative estimate of drug-likeness (QED) is 0.735. The van der Waals surface area contributed by atoms with E-state index in [-0.39, 0.29) is 5.75 Å². The molecule has 0 aliphatic rings. The number of ether oxygens (including phenoxy) is 1. The number of rotatable bonds is 4. The van der Waals surface area contributed by atoms with Gasteiger partial charge in [0, 0.05) is 6.07 Å². The van der Waals surface area contributed by atoms with Gasteiger partial charge in [0.1, 0.15) is 11.6 Å². The summed E-state index contributed by atoms with van der Waals surface area (Å²) in [5.74, 6) is -3.25. The normalized spacial score (nSPS) is 11.5. The standard InChI is InChI=1S/C11H11FN2O5/c1-5(9(15)14-11(13)18)19-6-2-3-7(10(16)17)8(12)4-6/h2-5H,1H3,(H,16,17)(H3,13,14,15,18). The topological polar surface area (TPSA) is 119 Å². The highest BCUT2D eigenvalue weighted by molar-refractivity contribution is 5.95. The zero-order valence-corrected chi connectivity index (χ0v) is 9.84. The smallest absolute Gasteiger partial charge is 0.338 e.